The number of phenolic OH excluding ortho intramolecular Hbond substituents is 1. The number of halogens is 1. The summed E-state index contributed by atoms with van der Waals surface area (Å²) in [5.41, 5.74) is 6.69. The summed E-state index contributed by atoms with van der Waals surface area (Å²) in [5.74, 6) is -0.245. The van der Waals surface area contributed by atoms with Crippen LogP contribution < -0.4 is 5.73 Å². The molecule has 1 aromatic carbocycles. The maximum absolute atomic E-state index is 13.1. The third-order valence-electron chi connectivity index (χ3n) is 2.24. The van der Waals surface area contributed by atoms with Crippen molar-refractivity contribution in [2.45, 2.75) is 26.3 Å². The number of hydrogen-bond donors (Lipinski definition) is 2. The van der Waals surface area contributed by atoms with Crippen molar-refractivity contribution in [3.63, 3.8) is 0 Å². The molecule has 1 atom stereocenters. The summed E-state index contributed by atoms with van der Waals surface area (Å²) < 4.78 is 13.1. The number of phenols is 1. The number of aromatic hydroxyl groups is 1. The van der Waals surface area contributed by atoms with E-state index in [-0.39, 0.29) is 17.6 Å². The second kappa shape index (κ2) is 3.75. The van der Waals surface area contributed by atoms with Crippen LogP contribution in [-0.2, 0) is 0 Å². The van der Waals surface area contributed by atoms with Crippen LogP contribution >= 0.6 is 0 Å². The Morgan fingerprint density at radius 2 is 2.15 bits per heavy atom. The van der Waals surface area contributed by atoms with Gasteiger partial charge in [0.15, 0.2) is 0 Å². The fraction of sp³-hybridized carbons (Fsp3) is 0.400. The van der Waals surface area contributed by atoms with E-state index in [4.69, 9.17) is 5.73 Å². The lowest BCUT2D eigenvalue weighted by molar-refractivity contribution is 0.455. The van der Waals surface area contributed by atoms with Crippen LogP contribution in [0.4, 0.5) is 4.39 Å². The molecule has 0 fully saturated rings. The Hall–Kier alpha value is -1.09. The van der Waals surface area contributed by atoms with Gasteiger partial charge >= 0.3 is 0 Å². The minimum Gasteiger partial charge on any atom is -0.508 e. The van der Waals surface area contributed by atoms with Crippen molar-refractivity contribution in [3.8, 4) is 5.75 Å². The van der Waals surface area contributed by atoms with Crippen LogP contribution in [0.1, 0.15) is 30.5 Å². The van der Waals surface area contributed by atoms with E-state index in [2.05, 4.69) is 0 Å². The average Bonchev–Trinajstić information content (AvgIpc) is 2.12. The molecule has 2 nitrogen and oxygen atoms in total. The fourth-order valence-electron chi connectivity index (χ4n) is 1.36. The largest absolute Gasteiger partial charge is 0.508 e. The zero-order valence-corrected chi connectivity index (χ0v) is 7.84. The highest BCUT2D eigenvalue weighted by Gasteiger charge is 2.14. The lowest BCUT2D eigenvalue weighted by atomic mass is 9.98. The Morgan fingerprint density at radius 3 is 2.69 bits per heavy atom. The molecule has 0 aliphatic carbocycles. The first-order chi connectivity index (χ1) is 6.07. The minimum atomic E-state index is -0.322. The molecular weight excluding hydrogens is 169 g/mol. The fourth-order valence-corrected chi connectivity index (χ4v) is 1.36. The summed E-state index contributed by atoms with van der Waals surface area (Å²) in [6, 6.07) is 2.29. The molecule has 0 radical (unpaired) electrons. The summed E-state index contributed by atoms with van der Waals surface area (Å²) >= 11 is 0. The molecule has 0 aliphatic rings. The Bertz CT molecular complexity index is 312. The third-order valence-corrected chi connectivity index (χ3v) is 2.24. The quantitative estimate of drug-likeness (QED) is 0.738. The highest BCUT2D eigenvalue weighted by atomic mass is 19.1. The minimum absolute atomic E-state index is 0.0771. The second-order valence-electron chi connectivity index (χ2n) is 3.12. The van der Waals surface area contributed by atoms with Gasteiger partial charge in [-0.2, -0.15) is 0 Å². The van der Waals surface area contributed by atoms with Gasteiger partial charge in [0, 0.05) is 11.6 Å². The van der Waals surface area contributed by atoms with Gasteiger partial charge in [-0.15, -0.1) is 0 Å². The molecule has 0 aromatic heterocycles. The zero-order valence-electron chi connectivity index (χ0n) is 7.84. The predicted octanol–water partition coefficient (Wildman–Crippen LogP) is 2.25. The highest BCUT2D eigenvalue weighted by Crippen LogP contribution is 2.29. The first-order valence-electron chi connectivity index (χ1n) is 4.31. The van der Waals surface area contributed by atoms with E-state index >= 15 is 0 Å². The molecular formula is C10H14FNO. The lowest BCUT2D eigenvalue weighted by Crippen LogP contribution is -2.11. The smallest absolute Gasteiger partial charge is 0.126 e. The van der Waals surface area contributed by atoms with Gasteiger partial charge in [0.05, 0.1) is 0 Å². The van der Waals surface area contributed by atoms with E-state index in [1.807, 2.05) is 6.92 Å². The van der Waals surface area contributed by atoms with Gasteiger partial charge in [-0.1, -0.05) is 6.92 Å². The molecule has 3 heteroatoms. The Balaban J connectivity index is 3.25. The summed E-state index contributed by atoms with van der Waals surface area (Å²) in [4.78, 5) is 0. The molecule has 0 spiro atoms. The average molecular weight is 183 g/mol. The van der Waals surface area contributed by atoms with Crippen LogP contribution in [0.3, 0.4) is 0 Å². The van der Waals surface area contributed by atoms with Crippen molar-refractivity contribution in [1.29, 1.82) is 0 Å². The van der Waals surface area contributed by atoms with Crippen molar-refractivity contribution in [3.05, 3.63) is 29.1 Å². The zero-order chi connectivity index (χ0) is 10.0. The van der Waals surface area contributed by atoms with E-state index in [0.717, 1.165) is 0 Å². The van der Waals surface area contributed by atoms with Crippen LogP contribution in [0.5, 0.6) is 5.75 Å². The van der Waals surface area contributed by atoms with Crippen molar-refractivity contribution >= 4 is 0 Å². The first-order valence-corrected chi connectivity index (χ1v) is 4.31. The summed E-state index contributed by atoms with van der Waals surface area (Å²) in [6.07, 6.45) is 0.678. The molecule has 0 aliphatic heterocycles. The molecule has 0 amide bonds. The molecule has 1 unspecified atom stereocenters. The first kappa shape index (κ1) is 9.99. The van der Waals surface area contributed by atoms with E-state index < -0.39 is 0 Å². The van der Waals surface area contributed by atoms with Crippen molar-refractivity contribution < 1.29 is 9.50 Å². The van der Waals surface area contributed by atoms with Gasteiger partial charge in [-0.3, -0.25) is 0 Å². The maximum Gasteiger partial charge on any atom is 0.126 e. The number of hydrogen-bond acceptors (Lipinski definition) is 2. The normalized spacial score (nSPS) is 12.9. The van der Waals surface area contributed by atoms with E-state index in [1.165, 1.54) is 12.1 Å². The number of nitrogens with two attached hydrogens (primary N) is 1. The standard InChI is InChI=1S/C10H14FNO/c1-3-8(12)10-6(2)7(11)4-5-9(10)13/h4-5,8,13H,3,12H2,1-2H3. The monoisotopic (exact) mass is 183 g/mol. The SMILES string of the molecule is CCC(N)c1c(O)ccc(F)c1C. The Labute approximate surface area is 77.2 Å². The maximum atomic E-state index is 13.1. The van der Waals surface area contributed by atoms with Crippen LogP contribution in [0.15, 0.2) is 12.1 Å². The van der Waals surface area contributed by atoms with Crippen LogP contribution in [-0.4, -0.2) is 5.11 Å². The van der Waals surface area contributed by atoms with Gasteiger partial charge in [-0.05, 0) is 31.0 Å². The van der Waals surface area contributed by atoms with Gasteiger partial charge in [0.25, 0.3) is 0 Å². The molecule has 72 valence electrons. The van der Waals surface area contributed by atoms with Gasteiger partial charge in [0.2, 0.25) is 0 Å². The van der Waals surface area contributed by atoms with Crippen molar-refractivity contribution in [2.75, 3.05) is 0 Å². The molecule has 1 aromatic rings. The van der Waals surface area contributed by atoms with Gasteiger partial charge in [-0.25, -0.2) is 4.39 Å². The summed E-state index contributed by atoms with van der Waals surface area (Å²) in [6.45, 7) is 3.52. The molecule has 13 heavy (non-hydrogen) atoms. The Morgan fingerprint density at radius 1 is 1.54 bits per heavy atom. The van der Waals surface area contributed by atoms with E-state index in [0.29, 0.717) is 17.5 Å². The summed E-state index contributed by atoms with van der Waals surface area (Å²) in [7, 11) is 0. The van der Waals surface area contributed by atoms with Crippen LogP contribution in [0.25, 0.3) is 0 Å². The van der Waals surface area contributed by atoms with E-state index in [1.54, 1.807) is 6.92 Å². The molecule has 0 saturated heterocycles. The van der Waals surface area contributed by atoms with Gasteiger partial charge in [0.1, 0.15) is 11.6 Å². The number of benzene rings is 1. The van der Waals surface area contributed by atoms with Crippen LogP contribution in [0.2, 0.25) is 0 Å². The molecule has 0 bridgehead atoms. The third kappa shape index (κ3) is 1.80. The van der Waals surface area contributed by atoms with Gasteiger partial charge < -0.3 is 10.8 Å². The molecule has 1 rings (SSSR count). The summed E-state index contributed by atoms with van der Waals surface area (Å²) in [5, 5.41) is 9.47. The number of rotatable bonds is 2. The van der Waals surface area contributed by atoms with Crippen molar-refractivity contribution in [2.24, 2.45) is 5.73 Å². The topological polar surface area (TPSA) is 46.2 Å². The second-order valence-corrected chi connectivity index (χ2v) is 3.12. The van der Waals surface area contributed by atoms with Crippen LogP contribution in [0, 0.1) is 12.7 Å². The molecule has 0 heterocycles. The molecule has 3 N–H and O–H groups in total. The van der Waals surface area contributed by atoms with Crippen molar-refractivity contribution in [1.82, 2.24) is 0 Å². The molecule has 0 saturated carbocycles. The van der Waals surface area contributed by atoms with E-state index in [9.17, 15) is 9.50 Å². The lowest BCUT2D eigenvalue weighted by Gasteiger charge is -2.14. The Kier molecular flexibility index (Phi) is 2.88. The highest BCUT2D eigenvalue weighted by molar-refractivity contribution is 5.41. The predicted molar refractivity (Wildman–Crippen MR) is 50.0 cm³/mol.